The Labute approximate surface area is 198 Å². The number of anilines is 1. The van der Waals surface area contributed by atoms with Crippen LogP contribution in [0, 0.1) is 11.2 Å². The zero-order valence-corrected chi connectivity index (χ0v) is 19.7. The van der Waals surface area contributed by atoms with E-state index >= 15 is 0 Å². The monoisotopic (exact) mass is 465 g/mol. The summed E-state index contributed by atoms with van der Waals surface area (Å²) in [6, 6.07) is 10.3. The first-order valence-electron chi connectivity index (χ1n) is 11.3. The van der Waals surface area contributed by atoms with E-state index < -0.39 is 35.3 Å². The van der Waals surface area contributed by atoms with Crippen LogP contribution in [-0.2, 0) is 16.1 Å². The zero-order chi connectivity index (χ0) is 24.8. The molecule has 0 aliphatic carbocycles. The van der Waals surface area contributed by atoms with Crippen molar-refractivity contribution < 1.29 is 23.6 Å². The maximum Gasteiger partial charge on any atom is 0.332 e. The predicted molar refractivity (Wildman–Crippen MR) is 125 cm³/mol. The van der Waals surface area contributed by atoms with E-state index in [-0.39, 0.29) is 23.9 Å². The average Bonchev–Trinajstić information content (AvgIpc) is 3.21. The van der Waals surface area contributed by atoms with Gasteiger partial charge in [-0.05, 0) is 43.2 Å². The molecule has 8 heteroatoms. The predicted octanol–water partition coefficient (Wildman–Crippen LogP) is 4.01. The summed E-state index contributed by atoms with van der Waals surface area (Å²) in [5.41, 5.74) is 0.509. The molecule has 2 aliphatic rings. The van der Waals surface area contributed by atoms with Gasteiger partial charge < -0.3 is 9.80 Å². The fourth-order valence-corrected chi connectivity index (χ4v) is 4.67. The first-order chi connectivity index (χ1) is 16.0. The standard InChI is InChI=1S/C26H28FN3O4/c1-16(31)18-8-6-10-20(14-18)30-23(32)22-21(11-12-28(22)24(33)26(2,3)4)29(25(30)34)15-17-7-5-9-19(27)13-17/h5-10,13-14,21-22H,11-12,15H2,1-4H3/t21-,22+/m1/s1. The van der Waals surface area contributed by atoms with E-state index in [4.69, 9.17) is 0 Å². The van der Waals surface area contributed by atoms with Gasteiger partial charge in [0, 0.05) is 24.1 Å². The summed E-state index contributed by atoms with van der Waals surface area (Å²) >= 11 is 0. The second-order valence-corrected chi connectivity index (χ2v) is 9.87. The molecule has 0 radical (unpaired) electrons. The van der Waals surface area contributed by atoms with Crippen molar-refractivity contribution in [2.24, 2.45) is 5.41 Å². The Morgan fingerprint density at radius 2 is 1.76 bits per heavy atom. The van der Waals surface area contributed by atoms with Gasteiger partial charge in [-0.15, -0.1) is 0 Å². The Morgan fingerprint density at radius 3 is 2.41 bits per heavy atom. The van der Waals surface area contributed by atoms with Crippen molar-refractivity contribution in [3.63, 3.8) is 0 Å². The number of urea groups is 1. The Kier molecular flexibility index (Phi) is 6.02. The number of rotatable bonds is 4. The SMILES string of the molecule is CC(=O)c1cccc(N2C(=O)[C@@H]3[C@@H](CCN3C(=O)C(C)(C)C)N(Cc3cccc(F)c3)C2=O)c1. The number of likely N-dealkylation sites (tertiary alicyclic amines) is 1. The van der Waals surface area contributed by atoms with E-state index in [9.17, 15) is 23.6 Å². The summed E-state index contributed by atoms with van der Waals surface area (Å²) in [6.45, 7) is 7.21. The van der Waals surface area contributed by atoms with Crippen LogP contribution in [0.25, 0.3) is 0 Å². The van der Waals surface area contributed by atoms with Crippen LogP contribution in [0.4, 0.5) is 14.9 Å². The summed E-state index contributed by atoms with van der Waals surface area (Å²) in [4.78, 5) is 56.7. The van der Waals surface area contributed by atoms with Crippen molar-refractivity contribution >= 4 is 29.3 Å². The number of fused-ring (bicyclic) bond motifs is 1. The highest BCUT2D eigenvalue weighted by molar-refractivity contribution is 6.19. The van der Waals surface area contributed by atoms with Crippen molar-refractivity contribution in [1.29, 1.82) is 0 Å². The molecule has 34 heavy (non-hydrogen) atoms. The van der Waals surface area contributed by atoms with Crippen LogP contribution >= 0.6 is 0 Å². The van der Waals surface area contributed by atoms with Crippen molar-refractivity contribution in [2.45, 2.75) is 52.7 Å². The molecular weight excluding hydrogens is 437 g/mol. The molecule has 7 nitrogen and oxygen atoms in total. The largest absolute Gasteiger partial charge is 0.332 e. The summed E-state index contributed by atoms with van der Waals surface area (Å²) < 4.78 is 13.9. The molecule has 2 saturated heterocycles. The molecule has 2 aromatic rings. The van der Waals surface area contributed by atoms with Gasteiger partial charge in [0.2, 0.25) is 5.91 Å². The molecule has 0 unspecified atom stereocenters. The van der Waals surface area contributed by atoms with Gasteiger partial charge in [-0.25, -0.2) is 14.1 Å². The van der Waals surface area contributed by atoms with E-state index in [0.29, 0.717) is 24.1 Å². The second kappa shape index (κ2) is 8.66. The van der Waals surface area contributed by atoms with Crippen molar-refractivity contribution in [3.8, 4) is 0 Å². The van der Waals surface area contributed by atoms with E-state index in [2.05, 4.69) is 0 Å². The second-order valence-electron chi connectivity index (χ2n) is 9.87. The molecule has 2 heterocycles. The maximum atomic E-state index is 13.9. The minimum absolute atomic E-state index is 0.0888. The van der Waals surface area contributed by atoms with Gasteiger partial charge in [-0.2, -0.15) is 0 Å². The number of carbonyl (C=O) groups excluding carboxylic acids is 4. The molecule has 2 fully saturated rings. The number of hydrogen-bond donors (Lipinski definition) is 0. The third-order valence-electron chi connectivity index (χ3n) is 6.33. The van der Waals surface area contributed by atoms with Crippen molar-refractivity contribution in [3.05, 3.63) is 65.5 Å². The van der Waals surface area contributed by atoms with Gasteiger partial charge >= 0.3 is 6.03 Å². The first-order valence-corrected chi connectivity index (χ1v) is 11.3. The Hall–Kier alpha value is -3.55. The molecule has 2 atom stereocenters. The lowest BCUT2D eigenvalue weighted by Crippen LogP contribution is -2.66. The number of ketones is 1. The van der Waals surface area contributed by atoms with Crippen LogP contribution in [0.15, 0.2) is 48.5 Å². The number of benzene rings is 2. The van der Waals surface area contributed by atoms with Gasteiger partial charge in [0.25, 0.3) is 5.91 Å². The van der Waals surface area contributed by atoms with E-state index in [1.807, 2.05) is 0 Å². The highest BCUT2D eigenvalue weighted by atomic mass is 19.1. The lowest BCUT2D eigenvalue weighted by Gasteiger charge is -2.44. The minimum Gasteiger partial charge on any atom is -0.328 e. The fourth-order valence-electron chi connectivity index (χ4n) is 4.67. The molecule has 4 rings (SSSR count). The highest BCUT2D eigenvalue weighted by Gasteiger charge is 2.54. The maximum absolute atomic E-state index is 13.9. The lowest BCUT2D eigenvalue weighted by molar-refractivity contribution is -0.145. The smallest absolute Gasteiger partial charge is 0.328 e. The highest BCUT2D eigenvalue weighted by Crippen LogP contribution is 2.36. The van der Waals surface area contributed by atoms with Crippen molar-refractivity contribution in [1.82, 2.24) is 9.80 Å². The molecule has 2 aliphatic heterocycles. The molecule has 178 valence electrons. The number of carbonyl (C=O) groups is 4. The number of imide groups is 1. The van der Waals surface area contributed by atoms with E-state index in [1.165, 1.54) is 30.0 Å². The first kappa shape index (κ1) is 23.6. The number of halogens is 1. The van der Waals surface area contributed by atoms with Gasteiger partial charge in [0.15, 0.2) is 5.78 Å². The average molecular weight is 466 g/mol. The number of amides is 4. The molecule has 0 saturated carbocycles. The molecule has 4 amide bonds. The summed E-state index contributed by atoms with van der Waals surface area (Å²) in [6.07, 6.45) is 0.445. The topological polar surface area (TPSA) is 78.0 Å². The van der Waals surface area contributed by atoms with Gasteiger partial charge in [-0.1, -0.05) is 45.0 Å². The van der Waals surface area contributed by atoms with Crippen LogP contribution in [0.5, 0.6) is 0 Å². The van der Waals surface area contributed by atoms with Crippen LogP contribution in [0.3, 0.4) is 0 Å². The van der Waals surface area contributed by atoms with E-state index in [1.54, 1.807) is 56.0 Å². The number of hydrogen-bond acceptors (Lipinski definition) is 4. The molecule has 0 aromatic heterocycles. The van der Waals surface area contributed by atoms with Crippen molar-refractivity contribution in [2.75, 3.05) is 11.4 Å². The van der Waals surface area contributed by atoms with Crippen LogP contribution in [0.1, 0.15) is 50.0 Å². The van der Waals surface area contributed by atoms with Gasteiger partial charge in [-0.3, -0.25) is 14.4 Å². The van der Waals surface area contributed by atoms with E-state index in [0.717, 1.165) is 4.90 Å². The molecule has 2 aromatic carbocycles. The van der Waals surface area contributed by atoms with Crippen LogP contribution in [0.2, 0.25) is 0 Å². The minimum atomic E-state index is -0.862. The number of nitrogens with zero attached hydrogens (tertiary/aromatic N) is 3. The summed E-state index contributed by atoms with van der Waals surface area (Å²) in [7, 11) is 0. The molecule has 0 N–H and O–H groups in total. The molecular formula is C26H28FN3O4. The van der Waals surface area contributed by atoms with Crippen LogP contribution < -0.4 is 4.90 Å². The number of Topliss-reactive ketones (excluding diaryl/α,β-unsaturated/α-hetero) is 1. The third kappa shape index (κ3) is 4.20. The molecule has 0 bridgehead atoms. The quantitative estimate of drug-likeness (QED) is 0.639. The van der Waals surface area contributed by atoms with Crippen LogP contribution in [-0.4, -0.2) is 52.1 Å². The third-order valence-corrected chi connectivity index (χ3v) is 6.33. The lowest BCUT2D eigenvalue weighted by atomic mass is 9.93. The normalized spacial score (nSPS) is 20.6. The Balaban J connectivity index is 1.79. The Morgan fingerprint density at radius 1 is 1.06 bits per heavy atom. The molecule has 0 spiro atoms. The van der Waals surface area contributed by atoms with Gasteiger partial charge in [0.1, 0.15) is 11.9 Å². The zero-order valence-electron chi connectivity index (χ0n) is 19.7. The fraction of sp³-hybridized carbons (Fsp3) is 0.385. The Bertz CT molecular complexity index is 1170. The summed E-state index contributed by atoms with van der Waals surface area (Å²) in [5.74, 6) is -1.29. The summed E-state index contributed by atoms with van der Waals surface area (Å²) in [5, 5.41) is 0. The van der Waals surface area contributed by atoms with Gasteiger partial charge in [0.05, 0.1) is 11.7 Å².